The van der Waals surface area contributed by atoms with E-state index in [4.69, 9.17) is 10.3 Å². The van der Waals surface area contributed by atoms with E-state index in [1.165, 1.54) is 0 Å². The Bertz CT molecular complexity index is 946. The average molecular weight is 513 g/mol. The van der Waals surface area contributed by atoms with Crippen molar-refractivity contribution < 1.29 is 22.5 Å². The quantitative estimate of drug-likeness (QED) is 0.598. The van der Waals surface area contributed by atoms with Crippen molar-refractivity contribution in [3.63, 3.8) is 0 Å². The van der Waals surface area contributed by atoms with E-state index in [-0.39, 0.29) is 24.1 Å². The molecule has 0 aromatic carbocycles. The zero-order chi connectivity index (χ0) is 25.8. The molecule has 4 fully saturated rings. The summed E-state index contributed by atoms with van der Waals surface area (Å²) >= 11 is 0. The van der Waals surface area contributed by atoms with Gasteiger partial charge in [-0.2, -0.15) is 13.8 Å². The molecule has 1 aromatic heterocycles. The largest absolute Gasteiger partial charge is 0.351 e. The van der Waals surface area contributed by atoms with Crippen molar-refractivity contribution in [1.82, 2.24) is 24.8 Å². The van der Waals surface area contributed by atoms with Gasteiger partial charge in [0.1, 0.15) is 6.17 Å². The Balaban J connectivity index is 1.53. The van der Waals surface area contributed by atoms with Gasteiger partial charge in [0.05, 0.1) is 18.0 Å². The van der Waals surface area contributed by atoms with Crippen molar-refractivity contribution in [2.75, 3.05) is 26.2 Å². The highest BCUT2D eigenvalue weighted by Crippen LogP contribution is 2.57. The Hall–Kier alpha value is -1.88. The lowest BCUT2D eigenvalue weighted by Gasteiger charge is -2.58. The first-order valence-corrected chi connectivity index (χ1v) is 13.5. The van der Waals surface area contributed by atoms with Gasteiger partial charge in [-0.05, 0) is 45.4 Å². The van der Waals surface area contributed by atoms with Gasteiger partial charge < -0.3 is 10.3 Å². The third kappa shape index (κ3) is 4.40. The van der Waals surface area contributed by atoms with Crippen LogP contribution in [0.15, 0.2) is 4.52 Å². The summed E-state index contributed by atoms with van der Waals surface area (Å²) in [6.45, 7) is 8.56. The molecule has 0 bridgehead atoms. The molecule has 36 heavy (non-hydrogen) atoms. The van der Waals surface area contributed by atoms with E-state index < -0.39 is 41.7 Å². The van der Waals surface area contributed by atoms with E-state index >= 15 is 8.78 Å². The number of carbonyl (C=O) groups excluding carboxylic acids is 1. The lowest BCUT2D eigenvalue weighted by molar-refractivity contribution is -0.259. The topological polar surface area (TPSA) is 91.7 Å². The Kier molecular flexibility index (Phi) is 6.76. The molecule has 11 heteroatoms. The van der Waals surface area contributed by atoms with Gasteiger partial charge in [0.2, 0.25) is 5.89 Å². The smallest absolute Gasteiger partial charge is 0.334 e. The number of hydrogen-bond donors (Lipinski definition) is 1. The first-order chi connectivity index (χ1) is 17.0. The number of urea groups is 1. The number of aromatic nitrogens is 2. The molecule has 2 unspecified atom stereocenters. The third-order valence-electron chi connectivity index (χ3n) is 9.13. The molecular formula is C25H39F3N6O2. The summed E-state index contributed by atoms with van der Waals surface area (Å²) in [6.07, 6.45) is 2.67. The fourth-order valence-corrected chi connectivity index (χ4v) is 7.01. The van der Waals surface area contributed by atoms with Gasteiger partial charge in [-0.1, -0.05) is 31.3 Å². The molecule has 3 heterocycles. The minimum absolute atomic E-state index is 0.184. The molecule has 0 radical (unpaired) electrons. The summed E-state index contributed by atoms with van der Waals surface area (Å²) in [5, 5.41) is 4.16. The number of hydrogen-bond acceptors (Lipinski definition) is 6. The summed E-state index contributed by atoms with van der Waals surface area (Å²) in [5.41, 5.74) is 4.51. The average Bonchev–Trinajstić information content (AvgIpc) is 3.34. The van der Waals surface area contributed by atoms with Crippen LogP contribution >= 0.6 is 0 Å². The Morgan fingerprint density at radius 1 is 1.14 bits per heavy atom. The number of nitrogens with zero attached hydrogens (tertiary/aromatic N) is 5. The molecular weight excluding hydrogens is 473 g/mol. The van der Waals surface area contributed by atoms with Gasteiger partial charge >= 0.3 is 12.1 Å². The Morgan fingerprint density at radius 3 is 2.33 bits per heavy atom. The first kappa shape index (κ1) is 25.8. The molecule has 4 aliphatic rings. The molecule has 8 nitrogen and oxygen atoms in total. The van der Waals surface area contributed by atoms with Crippen LogP contribution in [0.25, 0.3) is 0 Å². The molecule has 5 rings (SSSR count). The maximum Gasteiger partial charge on any atom is 0.334 e. The van der Waals surface area contributed by atoms with E-state index in [2.05, 4.69) is 28.9 Å². The van der Waals surface area contributed by atoms with Gasteiger partial charge in [-0.25, -0.2) is 14.1 Å². The highest BCUT2D eigenvalue weighted by atomic mass is 19.3. The molecule has 0 spiro atoms. The van der Waals surface area contributed by atoms with Crippen LogP contribution in [0.1, 0.15) is 83.3 Å². The number of piperidine rings is 1. The van der Waals surface area contributed by atoms with E-state index in [1.807, 2.05) is 4.90 Å². The minimum Gasteiger partial charge on any atom is -0.351 e. The third-order valence-corrected chi connectivity index (χ3v) is 9.13. The fourth-order valence-electron chi connectivity index (χ4n) is 7.01. The molecule has 2 aliphatic heterocycles. The molecule has 2 saturated heterocycles. The molecule has 2 aliphatic carbocycles. The summed E-state index contributed by atoms with van der Waals surface area (Å²) in [7, 11) is 0. The van der Waals surface area contributed by atoms with Gasteiger partial charge in [0.15, 0.2) is 5.82 Å². The van der Waals surface area contributed by atoms with Crippen LogP contribution in [0.2, 0.25) is 0 Å². The predicted octanol–water partition coefficient (Wildman–Crippen LogP) is 4.08. The summed E-state index contributed by atoms with van der Waals surface area (Å²) in [5.74, 6) is -1.59. The molecule has 2 amide bonds. The van der Waals surface area contributed by atoms with Crippen LogP contribution in [0.3, 0.4) is 0 Å². The first-order valence-electron chi connectivity index (χ1n) is 13.5. The standard InChI is InChI=1S/C25H39F3N6O2/c1-15(2)32-9-11-33(12-10-32)19-14-24(3,22-30-21(36-31-22)17-13-18(17)26)20(16-7-5-4-6-8-16)25(27,28)34(19)23(29)35/h15-20H,4-14H2,1-3H3,(H2,29,35)/t17-,18+,19+,20?,24?/m1/s1. The summed E-state index contributed by atoms with van der Waals surface area (Å²) < 4.78 is 52.4. The number of carbonyl (C=O) groups is 1. The molecule has 2 N–H and O–H groups in total. The number of likely N-dealkylation sites (tertiary alicyclic amines) is 1. The summed E-state index contributed by atoms with van der Waals surface area (Å²) in [4.78, 5) is 22.0. The molecule has 1 aromatic rings. The second-order valence-corrected chi connectivity index (χ2v) is 11.8. The van der Waals surface area contributed by atoms with Crippen molar-refractivity contribution >= 4 is 6.03 Å². The van der Waals surface area contributed by atoms with E-state index in [0.717, 1.165) is 32.4 Å². The Morgan fingerprint density at radius 2 is 1.78 bits per heavy atom. The predicted molar refractivity (Wildman–Crippen MR) is 127 cm³/mol. The van der Waals surface area contributed by atoms with Crippen molar-refractivity contribution in [3.05, 3.63) is 11.7 Å². The van der Waals surface area contributed by atoms with Crippen LogP contribution in [0, 0.1) is 11.8 Å². The zero-order valence-electron chi connectivity index (χ0n) is 21.5. The van der Waals surface area contributed by atoms with Gasteiger partial charge in [-0.15, -0.1) is 0 Å². The number of nitrogens with two attached hydrogens (primary N) is 1. The van der Waals surface area contributed by atoms with Crippen LogP contribution in [0.5, 0.6) is 0 Å². The van der Waals surface area contributed by atoms with E-state index in [9.17, 15) is 9.18 Å². The molecule has 202 valence electrons. The second-order valence-electron chi connectivity index (χ2n) is 11.8. The number of halogens is 3. The summed E-state index contributed by atoms with van der Waals surface area (Å²) in [6, 6.07) is -4.25. The van der Waals surface area contributed by atoms with Gasteiger partial charge in [0.25, 0.3) is 0 Å². The highest BCUT2D eigenvalue weighted by Gasteiger charge is 2.66. The van der Waals surface area contributed by atoms with Crippen molar-refractivity contribution in [2.24, 2.45) is 17.6 Å². The maximum atomic E-state index is 16.6. The second kappa shape index (κ2) is 9.45. The Labute approximate surface area is 210 Å². The van der Waals surface area contributed by atoms with E-state index in [1.54, 1.807) is 6.92 Å². The lowest BCUT2D eigenvalue weighted by atomic mass is 9.60. The lowest BCUT2D eigenvalue weighted by Crippen LogP contribution is -2.72. The van der Waals surface area contributed by atoms with Crippen LogP contribution in [0.4, 0.5) is 18.0 Å². The van der Waals surface area contributed by atoms with Crippen molar-refractivity contribution in [3.8, 4) is 0 Å². The van der Waals surface area contributed by atoms with Crippen LogP contribution < -0.4 is 5.73 Å². The maximum absolute atomic E-state index is 16.6. The highest BCUT2D eigenvalue weighted by molar-refractivity contribution is 5.73. The van der Waals surface area contributed by atoms with Crippen molar-refractivity contribution in [1.29, 1.82) is 0 Å². The van der Waals surface area contributed by atoms with Crippen LogP contribution in [-0.2, 0) is 5.41 Å². The van der Waals surface area contributed by atoms with Crippen LogP contribution in [-0.4, -0.2) is 81.5 Å². The van der Waals surface area contributed by atoms with Crippen molar-refractivity contribution in [2.45, 2.75) is 101 Å². The monoisotopic (exact) mass is 512 g/mol. The SMILES string of the molecule is CC(C)N1CCN([C@@H]2CC(C)(c3noc([C@@H]4C[C@@H]4F)n3)C(C3CCCCC3)C(F)(F)N2C(N)=O)CC1. The molecule has 5 atom stereocenters. The number of amides is 2. The minimum atomic E-state index is -3.50. The zero-order valence-corrected chi connectivity index (χ0v) is 21.5. The van der Waals surface area contributed by atoms with E-state index in [0.29, 0.717) is 43.3 Å². The molecule has 2 saturated carbocycles. The van der Waals surface area contributed by atoms with Gasteiger partial charge in [0, 0.05) is 37.6 Å². The number of rotatable bonds is 5. The normalized spacial score (nSPS) is 36.4. The number of piperazine rings is 1. The number of primary amides is 1. The van der Waals surface area contributed by atoms with Gasteiger partial charge in [-0.3, -0.25) is 9.80 Å². The number of alkyl halides is 3. The fraction of sp³-hybridized carbons (Fsp3) is 0.880.